The number of nitrogens with zero attached hydrogens (tertiary/aromatic N) is 4. The van der Waals surface area contributed by atoms with Gasteiger partial charge in [0.05, 0.1) is 17.8 Å². The van der Waals surface area contributed by atoms with Crippen molar-refractivity contribution in [3.8, 4) is 0 Å². The molecule has 234 valence electrons. The first kappa shape index (κ1) is 32.9. The lowest BCUT2D eigenvalue weighted by atomic mass is 9.77. The maximum absolute atomic E-state index is 14.0. The molecule has 1 aliphatic heterocycles. The Labute approximate surface area is 257 Å². The van der Waals surface area contributed by atoms with Gasteiger partial charge in [0.15, 0.2) is 0 Å². The van der Waals surface area contributed by atoms with E-state index >= 15 is 0 Å². The summed E-state index contributed by atoms with van der Waals surface area (Å²) in [5, 5.41) is 12.9. The van der Waals surface area contributed by atoms with Crippen LogP contribution in [0.4, 0.5) is 0 Å². The molecule has 2 heterocycles. The van der Waals surface area contributed by atoms with Gasteiger partial charge < -0.3 is 15.0 Å². The Hall–Kier alpha value is -3.05. The van der Waals surface area contributed by atoms with Crippen molar-refractivity contribution in [3.63, 3.8) is 0 Å². The molecule has 1 unspecified atom stereocenters. The van der Waals surface area contributed by atoms with Crippen molar-refractivity contribution in [2.24, 2.45) is 7.05 Å². The second-order valence-electron chi connectivity index (χ2n) is 13.4. The number of aliphatic hydroxyl groups is 1. The van der Waals surface area contributed by atoms with Crippen LogP contribution in [-0.4, -0.2) is 84.1 Å². The van der Waals surface area contributed by atoms with Crippen LogP contribution in [0, 0.1) is 0 Å². The van der Waals surface area contributed by atoms with Crippen LogP contribution in [0.2, 0.25) is 0 Å². The largest absolute Gasteiger partial charge is 0.395 e. The minimum absolute atomic E-state index is 0.0982. The highest BCUT2D eigenvalue weighted by atomic mass is 32.2. The Morgan fingerprint density at radius 3 is 2.44 bits per heavy atom. The van der Waals surface area contributed by atoms with Crippen LogP contribution >= 0.6 is 0 Å². The fourth-order valence-corrected chi connectivity index (χ4v) is 7.56. The first-order valence-corrected chi connectivity index (χ1v) is 16.4. The number of hydrogen-bond acceptors (Lipinski definition) is 6. The monoisotopic (exact) mass is 609 g/mol. The molecule has 0 saturated carbocycles. The van der Waals surface area contributed by atoms with Crippen LogP contribution in [0.15, 0.2) is 59.9 Å². The number of aliphatic hydroxyl groups excluding tert-OH is 1. The van der Waals surface area contributed by atoms with E-state index in [4.69, 9.17) is 0 Å². The average Bonchev–Trinajstić information content (AvgIpc) is 3.36. The van der Waals surface area contributed by atoms with Gasteiger partial charge in [-0.15, -0.1) is 0 Å². The van der Waals surface area contributed by atoms with E-state index in [1.807, 2.05) is 47.8 Å². The number of aryl methyl sites for hydroxylation is 1. The fraction of sp³-hybridized carbons (Fsp3) is 0.515. The SMILES string of the molecule is CN1CCN(S(=O)(=O)c2ccccc2C(C)(C)Cc2cc(C(=O)NCCc3cncn3C)cc(C(C)(C)C)c2)CC1CO. The number of amides is 1. The number of nitrogens with one attached hydrogen (secondary N) is 1. The lowest BCUT2D eigenvalue weighted by Gasteiger charge is -2.38. The molecule has 0 radical (unpaired) electrons. The number of carbonyl (C=O) groups is 1. The fourth-order valence-electron chi connectivity index (χ4n) is 5.72. The van der Waals surface area contributed by atoms with Crippen molar-refractivity contribution >= 4 is 15.9 Å². The average molecular weight is 610 g/mol. The van der Waals surface area contributed by atoms with Crippen molar-refractivity contribution in [1.29, 1.82) is 0 Å². The molecule has 1 aromatic heterocycles. The summed E-state index contributed by atoms with van der Waals surface area (Å²) in [6, 6.07) is 13.0. The Morgan fingerprint density at radius 2 is 1.79 bits per heavy atom. The lowest BCUT2D eigenvalue weighted by molar-refractivity contribution is 0.0923. The molecular formula is C33H47N5O4S. The molecule has 4 rings (SSSR count). The van der Waals surface area contributed by atoms with Crippen LogP contribution in [0.25, 0.3) is 0 Å². The van der Waals surface area contributed by atoms with Crippen molar-refractivity contribution in [2.75, 3.05) is 39.8 Å². The highest BCUT2D eigenvalue weighted by Gasteiger charge is 2.36. The zero-order chi connectivity index (χ0) is 31.6. The van der Waals surface area contributed by atoms with E-state index < -0.39 is 15.4 Å². The summed E-state index contributed by atoms with van der Waals surface area (Å²) in [6.45, 7) is 12.1. The smallest absolute Gasteiger partial charge is 0.251 e. The van der Waals surface area contributed by atoms with Gasteiger partial charge >= 0.3 is 0 Å². The maximum Gasteiger partial charge on any atom is 0.251 e. The van der Waals surface area contributed by atoms with E-state index in [1.54, 1.807) is 24.7 Å². The Kier molecular flexibility index (Phi) is 9.85. The topological polar surface area (TPSA) is 108 Å². The minimum atomic E-state index is -3.79. The summed E-state index contributed by atoms with van der Waals surface area (Å²) in [5.74, 6) is -0.135. The molecule has 0 spiro atoms. The molecule has 43 heavy (non-hydrogen) atoms. The van der Waals surface area contributed by atoms with Crippen molar-refractivity contribution in [3.05, 3.63) is 82.9 Å². The van der Waals surface area contributed by atoms with Crippen LogP contribution in [-0.2, 0) is 40.7 Å². The van der Waals surface area contributed by atoms with Gasteiger partial charge in [-0.05, 0) is 59.2 Å². The lowest BCUT2D eigenvalue weighted by Crippen LogP contribution is -2.54. The van der Waals surface area contributed by atoms with E-state index in [0.29, 0.717) is 42.9 Å². The van der Waals surface area contributed by atoms with Crippen molar-refractivity contribution in [2.45, 2.75) is 69.2 Å². The number of likely N-dealkylation sites (N-methyl/N-ethyl adjacent to an activating group) is 1. The molecule has 1 amide bonds. The molecule has 9 nitrogen and oxygen atoms in total. The molecule has 0 aliphatic carbocycles. The normalized spacial score (nSPS) is 17.3. The van der Waals surface area contributed by atoms with Gasteiger partial charge in [0, 0.05) is 63.1 Å². The predicted octanol–water partition coefficient (Wildman–Crippen LogP) is 3.51. The predicted molar refractivity (Wildman–Crippen MR) is 170 cm³/mol. The van der Waals surface area contributed by atoms with Crippen molar-refractivity contribution < 1.29 is 18.3 Å². The van der Waals surface area contributed by atoms with E-state index in [1.165, 1.54) is 4.31 Å². The number of rotatable bonds is 10. The van der Waals surface area contributed by atoms with Crippen LogP contribution in [0.5, 0.6) is 0 Å². The first-order chi connectivity index (χ1) is 20.1. The molecular weight excluding hydrogens is 562 g/mol. The number of piperazine rings is 1. The molecule has 0 bridgehead atoms. The minimum Gasteiger partial charge on any atom is -0.395 e. The van der Waals surface area contributed by atoms with Crippen LogP contribution in [0.1, 0.15) is 67.4 Å². The number of imidazole rings is 1. The van der Waals surface area contributed by atoms with E-state index in [2.05, 4.69) is 51.0 Å². The van der Waals surface area contributed by atoms with Crippen molar-refractivity contribution in [1.82, 2.24) is 24.1 Å². The van der Waals surface area contributed by atoms with E-state index in [0.717, 1.165) is 22.4 Å². The Morgan fingerprint density at radius 1 is 1.07 bits per heavy atom. The summed E-state index contributed by atoms with van der Waals surface area (Å²) in [6.07, 6.45) is 4.77. The Balaban J connectivity index is 1.62. The summed E-state index contributed by atoms with van der Waals surface area (Å²) >= 11 is 0. The highest BCUT2D eigenvalue weighted by molar-refractivity contribution is 7.89. The van der Waals surface area contributed by atoms with Gasteiger partial charge in [0.2, 0.25) is 10.0 Å². The maximum atomic E-state index is 14.0. The van der Waals surface area contributed by atoms with Gasteiger partial charge in [0.1, 0.15) is 0 Å². The zero-order valence-corrected chi connectivity index (χ0v) is 27.4. The zero-order valence-electron chi connectivity index (χ0n) is 26.6. The molecule has 1 atom stereocenters. The van der Waals surface area contributed by atoms with E-state index in [9.17, 15) is 18.3 Å². The second-order valence-corrected chi connectivity index (χ2v) is 15.3. The number of hydrogen-bond donors (Lipinski definition) is 2. The van der Waals surface area contributed by atoms with Gasteiger partial charge in [-0.1, -0.05) is 58.9 Å². The third kappa shape index (κ3) is 7.55. The molecule has 3 aromatic rings. The first-order valence-electron chi connectivity index (χ1n) is 14.9. The molecule has 1 saturated heterocycles. The standard InChI is InChI=1S/C33H47N5O4S/c1-32(2,3)26-17-24(16-25(18-26)31(40)35-13-12-27-20-34-23-37(27)7)19-33(4,5)29-10-8-9-11-30(29)43(41,42)38-15-14-36(6)28(21-38)22-39/h8-11,16-18,20,23,28,39H,12-15,19,21-22H2,1-7H3,(H,35,40). The van der Waals surface area contributed by atoms with Crippen LogP contribution < -0.4 is 5.32 Å². The number of aromatic nitrogens is 2. The molecule has 1 aliphatic rings. The van der Waals surface area contributed by atoms with Gasteiger partial charge in [-0.3, -0.25) is 9.69 Å². The quantitative estimate of drug-likeness (QED) is 0.364. The van der Waals surface area contributed by atoms with Gasteiger partial charge in [-0.25, -0.2) is 13.4 Å². The Bertz CT molecular complexity index is 1540. The highest BCUT2D eigenvalue weighted by Crippen LogP contribution is 2.36. The molecule has 10 heteroatoms. The molecule has 2 N–H and O–H groups in total. The summed E-state index contributed by atoms with van der Waals surface area (Å²) < 4.78 is 31.4. The number of benzene rings is 2. The number of carbonyl (C=O) groups excluding carboxylic acids is 1. The third-order valence-electron chi connectivity index (χ3n) is 8.53. The second kappa shape index (κ2) is 12.9. The van der Waals surface area contributed by atoms with E-state index in [-0.39, 0.29) is 30.5 Å². The van der Waals surface area contributed by atoms with Crippen LogP contribution in [0.3, 0.4) is 0 Å². The summed E-state index contributed by atoms with van der Waals surface area (Å²) in [5.41, 5.74) is 3.65. The summed E-state index contributed by atoms with van der Waals surface area (Å²) in [7, 11) is 0.0471. The number of sulfonamides is 1. The third-order valence-corrected chi connectivity index (χ3v) is 10.5. The van der Waals surface area contributed by atoms with Gasteiger partial charge in [0.25, 0.3) is 5.91 Å². The molecule has 2 aromatic carbocycles. The van der Waals surface area contributed by atoms with Gasteiger partial charge in [-0.2, -0.15) is 4.31 Å². The summed E-state index contributed by atoms with van der Waals surface area (Å²) in [4.78, 5) is 19.8. The molecule has 1 fully saturated rings.